The van der Waals surface area contributed by atoms with Crippen LogP contribution in [0.25, 0.3) is 0 Å². The summed E-state index contributed by atoms with van der Waals surface area (Å²) in [4.78, 5) is 33.9. The molecule has 6 heteroatoms. The van der Waals surface area contributed by atoms with Crippen LogP contribution in [0.1, 0.15) is 30.1 Å². The van der Waals surface area contributed by atoms with Crippen LogP contribution in [0.2, 0.25) is 0 Å². The molecule has 1 aromatic rings. The Morgan fingerprint density at radius 3 is 2.55 bits per heavy atom. The third-order valence-corrected chi connectivity index (χ3v) is 3.34. The van der Waals surface area contributed by atoms with Crippen molar-refractivity contribution in [3.05, 3.63) is 29.8 Å². The van der Waals surface area contributed by atoms with Gasteiger partial charge in [0.15, 0.2) is 0 Å². The van der Waals surface area contributed by atoms with Gasteiger partial charge in [0.1, 0.15) is 0 Å². The van der Waals surface area contributed by atoms with Gasteiger partial charge in [-0.1, -0.05) is 6.07 Å². The minimum Gasteiger partial charge on any atom is -0.481 e. The van der Waals surface area contributed by atoms with Crippen LogP contribution in [0.4, 0.5) is 5.69 Å². The Morgan fingerprint density at radius 2 is 2.00 bits per heavy atom. The first-order valence-corrected chi connectivity index (χ1v) is 6.32. The Balaban J connectivity index is 1.99. The van der Waals surface area contributed by atoms with Crippen molar-refractivity contribution in [2.24, 2.45) is 5.41 Å². The maximum Gasteiger partial charge on any atom is 0.311 e. The molecule has 1 aromatic carbocycles. The summed E-state index contributed by atoms with van der Waals surface area (Å²) in [6.45, 7) is 1.52. The lowest BCUT2D eigenvalue weighted by molar-refractivity contribution is -0.143. The molecule has 2 rings (SSSR count). The largest absolute Gasteiger partial charge is 0.481 e. The number of benzene rings is 1. The number of rotatable bonds is 5. The molecule has 0 spiro atoms. The predicted molar refractivity (Wildman–Crippen MR) is 72.4 cm³/mol. The molecule has 0 aromatic heterocycles. The number of carbonyl (C=O) groups is 3. The molecule has 3 N–H and O–H groups in total. The normalized spacial score (nSPS) is 15.2. The summed E-state index contributed by atoms with van der Waals surface area (Å²) in [5.74, 6) is -1.43. The molecule has 0 heterocycles. The molecular formula is C14H16N2O4. The van der Waals surface area contributed by atoms with E-state index in [-0.39, 0.29) is 18.4 Å². The zero-order valence-electron chi connectivity index (χ0n) is 11.1. The fraction of sp³-hybridized carbons (Fsp3) is 0.357. The maximum absolute atomic E-state index is 12.0. The average molecular weight is 276 g/mol. The second-order valence-electron chi connectivity index (χ2n) is 5.03. The smallest absolute Gasteiger partial charge is 0.311 e. The van der Waals surface area contributed by atoms with Crippen molar-refractivity contribution in [1.82, 2.24) is 5.32 Å². The van der Waals surface area contributed by atoms with Gasteiger partial charge in [0.2, 0.25) is 5.91 Å². The highest BCUT2D eigenvalue weighted by atomic mass is 16.4. The van der Waals surface area contributed by atoms with Crippen LogP contribution in [-0.4, -0.2) is 29.4 Å². The van der Waals surface area contributed by atoms with E-state index in [9.17, 15) is 14.4 Å². The van der Waals surface area contributed by atoms with Gasteiger partial charge in [0.05, 0.1) is 5.41 Å². The summed E-state index contributed by atoms with van der Waals surface area (Å²) in [6, 6.07) is 6.50. The van der Waals surface area contributed by atoms with Crippen LogP contribution in [0.3, 0.4) is 0 Å². The third kappa shape index (κ3) is 3.14. The van der Waals surface area contributed by atoms with Crippen molar-refractivity contribution < 1.29 is 19.5 Å². The molecule has 1 aliphatic carbocycles. The SMILES string of the molecule is CC(=O)Nc1cccc(C(=O)NCC2(C(=O)O)CC2)c1. The summed E-state index contributed by atoms with van der Waals surface area (Å²) in [5.41, 5.74) is 0.132. The fourth-order valence-corrected chi connectivity index (χ4v) is 1.91. The summed E-state index contributed by atoms with van der Waals surface area (Å²) >= 11 is 0. The minimum atomic E-state index is -0.871. The summed E-state index contributed by atoms with van der Waals surface area (Å²) in [6.07, 6.45) is 1.18. The van der Waals surface area contributed by atoms with Gasteiger partial charge in [-0.3, -0.25) is 14.4 Å². The van der Waals surface area contributed by atoms with Gasteiger partial charge in [-0.15, -0.1) is 0 Å². The van der Waals surface area contributed by atoms with Crippen LogP contribution in [0.15, 0.2) is 24.3 Å². The second kappa shape index (κ2) is 5.32. The van der Waals surface area contributed by atoms with Crippen LogP contribution in [0, 0.1) is 5.41 Å². The van der Waals surface area contributed by atoms with E-state index < -0.39 is 11.4 Å². The Morgan fingerprint density at radius 1 is 1.30 bits per heavy atom. The highest BCUT2D eigenvalue weighted by Crippen LogP contribution is 2.45. The molecule has 1 saturated carbocycles. The van der Waals surface area contributed by atoms with Gasteiger partial charge < -0.3 is 15.7 Å². The van der Waals surface area contributed by atoms with Crippen molar-refractivity contribution >= 4 is 23.5 Å². The number of nitrogens with one attached hydrogen (secondary N) is 2. The Labute approximate surface area is 116 Å². The Hall–Kier alpha value is -2.37. The van der Waals surface area contributed by atoms with E-state index in [2.05, 4.69) is 10.6 Å². The quantitative estimate of drug-likeness (QED) is 0.754. The first kappa shape index (κ1) is 14.0. The van der Waals surface area contributed by atoms with Crippen LogP contribution < -0.4 is 10.6 Å². The lowest BCUT2D eigenvalue weighted by Crippen LogP contribution is -2.34. The zero-order chi connectivity index (χ0) is 14.8. The average Bonchev–Trinajstić information content (AvgIpc) is 3.16. The van der Waals surface area contributed by atoms with E-state index in [0.29, 0.717) is 24.1 Å². The van der Waals surface area contributed by atoms with Gasteiger partial charge in [0, 0.05) is 24.7 Å². The first-order valence-electron chi connectivity index (χ1n) is 6.32. The predicted octanol–water partition coefficient (Wildman–Crippen LogP) is 1.24. The maximum atomic E-state index is 12.0. The summed E-state index contributed by atoms with van der Waals surface area (Å²) in [7, 11) is 0. The number of hydrogen-bond acceptors (Lipinski definition) is 3. The number of aliphatic carboxylic acids is 1. The fourth-order valence-electron chi connectivity index (χ4n) is 1.91. The summed E-state index contributed by atoms with van der Waals surface area (Å²) < 4.78 is 0. The molecule has 1 fully saturated rings. The molecule has 0 unspecified atom stereocenters. The second-order valence-corrected chi connectivity index (χ2v) is 5.03. The van der Waals surface area contributed by atoms with Crippen molar-refractivity contribution in [1.29, 1.82) is 0 Å². The van der Waals surface area contributed by atoms with Crippen LogP contribution in [0.5, 0.6) is 0 Å². The lowest BCUT2D eigenvalue weighted by Gasteiger charge is -2.11. The topological polar surface area (TPSA) is 95.5 Å². The molecule has 0 saturated heterocycles. The first-order chi connectivity index (χ1) is 9.43. The zero-order valence-corrected chi connectivity index (χ0v) is 11.1. The van der Waals surface area contributed by atoms with Crippen LogP contribution in [-0.2, 0) is 9.59 Å². The Bertz CT molecular complexity index is 564. The van der Waals surface area contributed by atoms with E-state index in [1.807, 2.05) is 0 Å². The number of anilines is 1. The van der Waals surface area contributed by atoms with Crippen molar-refractivity contribution in [2.45, 2.75) is 19.8 Å². The molecule has 1 aliphatic rings. The van der Waals surface area contributed by atoms with E-state index in [1.54, 1.807) is 24.3 Å². The van der Waals surface area contributed by atoms with E-state index >= 15 is 0 Å². The number of hydrogen-bond donors (Lipinski definition) is 3. The van der Waals surface area contributed by atoms with E-state index in [4.69, 9.17) is 5.11 Å². The minimum absolute atomic E-state index is 0.130. The van der Waals surface area contributed by atoms with Gasteiger partial charge in [-0.2, -0.15) is 0 Å². The highest BCUT2D eigenvalue weighted by Gasteiger charge is 2.50. The standard InChI is InChI=1S/C14H16N2O4/c1-9(17)16-11-4-2-3-10(7-11)12(18)15-8-14(5-6-14)13(19)20/h2-4,7H,5-6,8H2,1H3,(H,15,18)(H,16,17)(H,19,20). The van der Waals surface area contributed by atoms with Gasteiger partial charge >= 0.3 is 5.97 Å². The molecule has 0 bridgehead atoms. The number of carboxylic acids is 1. The number of carboxylic acid groups (broad SMARTS) is 1. The van der Waals surface area contributed by atoms with Crippen molar-refractivity contribution in [3.63, 3.8) is 0 Å². The molecule has 106 valence electrons. The third-order valence-electron chi connectivity index (χ3n) is 3.34. The van der Waals surface area contributed by atoms with E-state index in [0.717, 1.165) is 0 Å². The van der Waals surface area contributed by atoms with Crippen molar-refractivity contribution in [2.75, 3.05) is 11.9 Å². The lowest BCUT2D eigenvalue weighted by atomic mass is 10.1. The number of carbonyl (C=O) groups excluding carboxylic acids is 2. The highest BCUT2D eigenvalue weighted by molar-refractivity contribution is 5.97. The van der Waals surface area contributed by atoms with Gasteiger partial charge in [-0.25, -0.2) is 0 Å². The molecule has 6 nitrogen and oxygen atoms in total. The molecule has 0 aliphatic heterocycles. The molecule has 0 atom stereocenters. The molecular weight excluding hydrogens is 260 g/mol. The van der Waals surface area contributed by atoms with Crippen molar-refractivity contribution in [3.8, 4) is 0 Å². The summed E-state index contributed by atoms with van der Waals surface area (Å²) in [5, 5.41) is 14.3. The van der Waals surface area contributed by atoms with E-state index in [1.165, 1.54) is 6.92 Å². The monoisotopic (exact) mass is 276 g/mol. The molecule has 2 amide bonds. The molecule has 0 radical (unpaired) electrons. The number of amides is 2. The molecule has 20 heavy (non-hydrogen) atoms. The van der Waals surface area contributed by atoms with Gasteiger partial charge in [-0.05, 0) is 31.0 Å². The Kier molecular flexibility index (Phi) is 3.74. The van der Waals surface area contributed by atoms with Gasteiger partial charge in [0.25, 0.3) is 5.91 Å². The van der Waals surface area contributed by atoms with Crippen LogP contribution >= 0.6 is 0 Å².